The lowest BCUT2D eigenvalue weighted by Gasteiger charge is -2.23. The number of benzene rings is 1. The van der Waals surface area contributed by atoms with Crippen LogP contribution in [0.5, 0.6) is 0 Å². The zero-order valence-corrected chi connectivity index (χ0v) is 16.6. The first-order valence-corrected chi connectivity index (χ1v) is 10.8. The topological polar surface area (TPSA) is 88.2 Å². The van der Waals surface area contributed by atoms with Crippen LogP contribution in [0.4, 0.5) is 11.4 Å². The van der Waals surface area contributed by atoms with Gasteiger partial charge >= 0.3 is 0 Å². The molecule has 0 bridgehead atoms. The summed E-state index contributed by atoms with van der Waals surface area (Å²) in [7, 11) is -3.04. The third-order valence-corrected chi connectivity index (χ3v) is 6.34. The molecule has 7 heteroatoms. The quantitative estimate of drug-likeness (QED) is 0.842. The Morgan fingerprint density at radius 1 is 1.19 bits per heavy atom. The highest BCUT2D eigenvalue weighted by Gasteiger charge is 2.29. The second-order valence-corrected chi connectivity index (χ2v) is 10.2. The summed E-state index contributed by atoms with van der Waals surface area (Å²) in [5.74, 6) is -0.239. The second-order valence-electron chi connectivity index (χ2n) is 7.92. The van der Waals surface area contributed by atoms with Gasteiger partial charge in [-0.2, -0.15) is 0 Å². The fourth-order valence-corrected chi connectivity index (χ4v) is 4.88. The van der Waals surface area contributed by atoms with E-state index in [1.165, 1.54) is 5.56 Å². The molecule has 6 nitrogen and oxygen atoms in total. The van der Waals surface area contributed by atoms with Crippen molar-refractivity contribution in [1.82, 2.24) is 10.3 Å². The van der Waals surface area contributed by atoms with E-state index in [0.29, 0.717) is 6.42 Å². The van der Waals surface area contributed by atoms with Crippen LogP contribution in [0.15, 0.2) is 42.6 Å². The van der Waals surface area contributed by atoms with Gasteiger partial charge < -0.3 is 10.6 Å². The molecule has 1 aliphatic heterocycles. The molecule has 2 heterocycles. The van der Waals surface area contributed by atoms with Crippen LogP contribution in [-0.4, -0.2) is 36.9 Å². The Labute approximate surface area is 160 Å². The third kappa shape index (κ3) is 4.86. The molecule has 1 amide bonds. The van der Waals surface area contributed by atoms with Gasteiger partial charge in [-0.25, -0.2) is 8.42 Å². The largest absolute Gasteiger partial charge is 0.355 e. The molecular formula is C20H25N3O3S. The Morgan fingerprint density at radius 3 is 2.59 bits per heavy atom. The molecule has 1 saturated heterocycles. The highest BCUT2D eigenvalue weighted by Crippen LogP contribution is 2.31. The van der Waals surface area contributed by atoms with Gasteiger partial charge in [0.1, 0.15) is 5.69 Å². The number of nitrogens with one attached hydrogen (secondary N) is 2. The van der Waals surface area contributed by atoms with Gasteiger partial charge in [0.2, 0.25) is 0 Å². The van der Waals surface area contributed by atoms with Crippen LogP contribution in [0.3, 0.4) is 0 Å². The first-order chi connectivity index (χ1) is 12.6. The van der Waals surface area contributed by atoms with Crippen LogP contribution in [-0.2, 0) is 15.3 Å². The zero-order chi connectivity index (χ0) is 19.7. The molecule has 144 valence electrons. The number of nitrogens with zero attached hydrogens (tertiary/aromatic N) is 1. The Hall–Kier alpha value is -2.41. The smallest absolute Gasteiger partial charge is 0.270 e. The first kappa shape index (κ1) is 19.4. The monoisotopic (exact) mass is 387 g/mol. The summed E-state index contributed by atoms with van der Waals surface area (Å²) in [6, 6.07) is 11.2. The van der Waals surface area contributed by atoms with Crippen molar-refractivity contribution in [2.75, 3.05) is 16.8 Å². The molecular weight excluding hydrogens is 362 g/mol. The number of para-hydroxylation sites is 1. The van der Waals surface area contributed by atoms with Crippen molar-refractivity contribution in [2.45, 2.75) is 38.6 Å². The molecule has 1 aromatic carbocycles. The van der Waals surface area contributed by atoms with Gasteiger partial charge in [0.15, 0.2) is 9.84 Å². The van der Waals surface area contributed by atoms with E-state index in [4.69, 9.17) is 0 Å². The van der Waals surface area contributed by atoms with E-state index in [2.05, 4.69) is 42.5 Å². The summed E-state index contributed by atoms with van der Waals surface area (Å²) in [5, 5.41) is 6.13. The van der Waals surface area contributed by atoms with Crippen LogP contribution in [0.25, 0.3) is 0 Å². The van der Waals surface area contributed by atoms with Crippen molar-refractivity contribution >= 4 is 27.1 Å². The zero-order valence-electron chi connectivity index (χ0n) is 15.8. The lowest BCUT2D eigenvalue weighted by atomic mass is 9.86. The van der Waals surface area contributed by atoms with E-state index in [1.807, 2.05) is 18.2 Å². The van der Waals surface area contributed by atoms with Gasteiger partial charge in [-0.05, 0) is 35.6 Å². The fourth-order valence-electron chi connectivity index (χ4n) is 3.20. The van der Waals surface area contributed by atoms with E-state index in [1.54, 1.807) is 18.3 Å². The molecule has 2 N–H and O–H groups in total. The van der Waals surface area contributed by atoms with E-state index >= 15 is 0 Å². The minimum Gasteiger partial charge on any atom is -0.355 e. The van der Waals surface area contributed by atoms with Gasteiger partial charge in [-0.15, -0.1) is 0 Å². The molecule has 1 atom stereocenters. The highest BCUT2D eigenvalue weighted by atomic mass is 32.2. The van der Waals surface area contributed by atoms with Gasteiger partial charge in [-0.3, -0.25) is 9.78 Å². The standard InChI is InChI=1S/C20H25N3O3S/c1-20(2,3)16-6-4-5-7-17(16)22-14-8-10-21-18(12-14)19(24)23-15-9-11-27(25,26)13-15/h4-8,10,12,15H,9,11,13H2,1-3H3,(H,21,22)(H,23,24). The molecule has 0 spiro atoms. The summed E-state index contributed by atoms with van der Waals surface area (Å²) in [4.78, 5) is 16.6. The van der Waals surface area contributed by atoms with Gasteiger partial charge in [0.25, 0.3) is 5.91 Å². The normalized spacial score (nSPS) is 18.9. The maximum atomic E-state index is 12.4. The third-order valence-electron chi connectivity index (χ3n) is 4.57. The molecule has 1 aromatic heterocycles. The molecule has 1 aliphatic rings. The number of rotatable bonds is 4. The number of pyridine rings is 1. The summed E-state index contributed by atoms with van der Waals surface area (Å²) >= 11 is 0. The van der Waals surface area contributed by atoms with Crippen molar-refractivity contribution in [2.24, 2.45) is 0 Å². The van der Waals surface area contributed by atoms with Crippen LogP contribution in [0, 0.1) is 0 Å². The molecule has 2 aromatic rings. The summed E-state index contributed by atoms with van der Waals surface area (Å²) in [5.41, 5.74) is 3.14. The Kier molecular flexibility index (Phi) is 5.24. The molecule has 0 saturated carbocycles. The van der Waals surface area contributed by atoms with Crippen LogP contribution < -0.4 is 10.6 Å². The first-order valence-electron chi connectivity index (χ1n) is 8.98. The SMILES string of the molecule is CC(C)(C)c1ccccc1Nc1ccnc(C(=O)NC2CCS(=O)(=O)C2)c1. The number of hydrogen-bond donors (Lipinski definition) is 2. The maximum Gasteiger partial charge on any atom is 0.270 e. The molecule has 3 rings (SSSR count). The van der Waals surface area contributed by atoms with E-state index in [-0.39, 0.29) is 34.6 Å². The van der Waals surface area contributed by atoms with Crippen LogP contribution in [0.1, 0.15) is 43.2 Å². The molecule has 1 unspecified atom stereocenters. The van der Waals surface area contributed by atoms with E-state index < -0.39 is 9.84 Å². The summed E-state index contributed by atoms with van der Waals surface area (Å²) < 4.78 is 23.1. The van der Waals surface area contributed by atoms with Crippen molar-refractivity contribution in [3.63, 3.8) is 0 Å². The Morgan fingerprint density at radius 2 is 1.93 bits per heavy atom. The molecule has 27 heavy (non-hydrogen) atoms. The van der Waals surface area contributed by atoms with Gasteiger partial charge in [0.05, 0.1) is 11.5 Å². The number of sulfone groups is 1. The number of carbonyl (C=O) groups excluding carboxylic acids is 1. The van der Waals surface area contributed by atoms with Crippen LogP contribution in [0.2, 0.25) is 0 Å². The second kappa shape index (κ2) is 7.31. The van der Waals surface area contributed by atoms with Gasteiger partial charge in [0, 0.05) is 23.6 Å². The average molecular weight is 388 g/mol. The fraction of sp³-hybridized carbons (Fsp3) is 0.400. The van der Waals surface area contributed by atoms with E-state index in [9.17, 15) is 13.2 Å². The lowest BCUT2D eigenvalue weighted by Crippen LogP contribution is -2.36. The minimum atomic E-state index is -3.04. The Balaban J connectivity index is 1.76. The number of carbonyl (C=O) groups is 1. The van der Waals surface area contributed by atoms with Gasteiger partial charge in [-0.1, -0.05) is 39.0 Å². The van der Waals surface area contributed by atoms with Crippen molar-refractivity contribution in [3.8, 4) is 0 Å². The van der Waals surface area contributed by atoms with Crippen LogP contribution >= 0.6 is 0 Å². The average Bonchev–Trinajstić information content (AvgIpc) is 2.93. The number of anilines is 2. The summed E-state index contributed by atoms with van der Waals surface area (Å²) in [6.45, 7) is 6.44. The predicted octanol–water partition coefficient (Wildman–Crippen LogP) is 3.04. The minimum absolute atomic E-state index is 0.00433. The maximum absolute atomic E-state index is 12.4. The lowest BCUT2D eigenvalue weighted by molar-refractivity contribution is 0.0936. The van der Waals surface area contributed by atoms with Crippen molar-refractivity contribution in [3.05, 3.63) is 53.9 Å². The predicted molar refractivity (Wildman–Crippen MR) is 107 cm³/mol. The molecule has 1 fully saturated rings. The summed E-state index contributed by atoms with van der Waals surface area (Å²) in [6.07, 6.45) is 2.02. The number of hydrogen-bond acceptors (Lipinski definition) is 5. The highest BCUT2D eigenvalue weighted by molar-refractivity contribution is 7.91. The number of aromatic nitrogens is 1. The van der Waals surface area contributed by atoms with Crippen molar-refractivity contribution in [1.29, 1.82) is 0 Å². The number of amides is 1. The van der Waals surface area contributed by atoms with E-state index in [0.717, 1.165) is 11.4 Å². The molecule has 0 aliphatic carbocycles. The van der Waals surface area contributed by atoms with Crippen molar-refractivity contribution < 1.29 is 13.2 Å². The molecule has 0 radical (unpaired) electrons. The Bertz CT molecular complexity index is 949.